The highest BCUT2D eigenvalue weighted by molar-refractivity contribution is 5.89. The van der Waals surface area contributed by atoms with Crippen molar-refractivity contribution in [2.75, 3.05) is 14.2 Å². The summed E-state index contributed by atoms with van der Waals surface area (Å²) in [6.45, 7) is -0.335. The third-order valence-corrected chi connectivity index (χ3v) is 4.35. The number of carboxylic acids is 1. The molecule has 1 atom stereocenters. The lowest BCUT2D eigenvalue weighted by Gasteiger charge is -2.23. The number of carbonyl (C=O) groups excluding carboxylic acids is 2. The Labute approximate surface area is 179 Å². The highest BCUT2D eigenvalue weighted by Crippen LogP contribution is 2.21. The van der Waals surface area contributed by atoms with Gasteiger partial charge >= 0.3 is 17.9 Å². The molecule has 0 aromatic heterocycles. The van der Waals surface area contributed by atoms with Gasteiger partial charge in [-0.1, -0.05) is 24.3 Å². The van der Waals surface area contributed by atoms with Gasteiger partial charge in [0.2, 0.25) is 0 Å². The van der Waals surface area contributed by atoms with Crippen molar-refractivity contribution in [1.29, 1.82) is 0 Å². The highest BCUT2D eigenvalue weighted by atomic mass is 16.6. The third kappa shape index (κ3) is 7.31. The lowest BCUT2D eigenvalue weighted by atomic mass is 9.95. The zero-order valence-electron chi connectivity index (χ0n) is 17.2. The third-order valence-electron chi connectivity index (χ3n) is 4.35. The molecule has 9 heteroatoms. The first-order valence-corrected chi connectivity index (χ1v) is 9.28. The number of aliphatic carboxylic acids is 1. The Morgan fingerprint density at radius 3 is 1.65 bits per heavy atom. The number of carbonyl (C=O) groups is 3. The van der Waals surface area contributed by atoms with Gasteiger partial charge in [0.1, 0.15) is 24.7 Å². The van der Waals surface area contributed by atoms with E-state index in [-0.39, 0.29) is 13.2 Å². The van der Waals surface area contributed by atoms with E-state index < -0.39 is 36.4 Å². The van der Waals surface area contributed by atoms with Crippen LogP contribution in [-0.4, -0.2) is 47.9 Å². The van der Waals surface area contributed by atoms with Gasteiger partial charge < -0.3 is 29.2 Å². The van der Waals surface area contributed by atoms with Crippen LogP contribution in [0.1, 0.15) is 24.0 Å². The van der Waals surface area contributed by atoms with E-state index in [0.717, 1.165) is 0 Å². The molecule has 0 aliphatic rings. The molecule has 2 aromatic carbocycles. The summed E-state index contributed by atoms with van der Waals surface area (Å²) in [5.74, 6) is -2.40. The van der Waals surface area contributed by atoms with Gasteiger partial charge in [-0.15, -0.1) is 0 Å². The van der Waals surface area contributed by atoms with Crippen LogP contribution >= 0.6 is 0 Å². The van der Waals surface area contributed by atoms with Crippen molar-refractivity contribution in [3.63, 3.8) is 0 Å². The fourth-order valence-corrected chi connectivity index (χ4v) is 2.64. The molecule has 0 amide bonds. The largest absolute Gasteiger partial charge is 0.497 e. The lowest BCUT2D eigenvalue weighted by Crippen LogP contribution is -2.44. The maximum Gasteiger partial charge on any atom is 0.339 e. The Kier molecular flexibility index (Phi) is 8.39. The Balaban J connectivity index is 1.96. The number of hydrogen-bond donors (Lipinski definition) is 2. The molecule has 0 heterocycles. The van der Waals surface area contributed by atoms with Crippen LogP contribution in [0.3, 0.4) is 0 Å². The monoisotopic (exact) mass is 432 g/mol. The average molecular weight is 432 g/mol. The van der Waals surface area contributed by atoms with Gasteiger partial charge in [0.05, 0.1) is 27.1 Å². The summed E-state index contributed by atoms with van der Waals surface area (Å²) < 4.78 is 20.2. The van der Waals surface area contributed by atoms with Gasteiger partial charge in [-0.05, 0) is 35.4 Å². The molecule has 0 aliphatic carbocycles. The molecule has 0 radical (unpaired) electrons. The van der Waals surface area contributed by atoms with Gasteiger partial charge in [0.15, 0.2) is 5.60 Å². The maximum absolute atomic E-state index is 12.4. The van der Waals surface area contributed by atoms with E-state index in [4.69, 9.17) is 24.1 Å². The summed E-state index contributed by atoms with van der Waals surface area (Å²) in [5.41, 5.74) is -1.32. The Hall–Kier alpha value is -3.59. The van der Waals surface area contributed by atoms with Crippen LogP contribution in [0.2, 0.25) is 0 Å². The SMILES string of the molecule is COc1ccc(COC(=O)CC(O)(CC(=O)O)C(=O)OCc2ccc(OC)cc2)cc1. The van der Waals surface area contributed by atoms with Crippen LogP contribution in [0.25, 0.3) is 0 Å². The molecule has 0 spiro atoms. The van der Waals surface area contributed by atoms with Gasteiger partial charge in [-0.2, -0.15) is 0 Å². The molecular formula is C22H24O9. The molecule has 2 rings (SSSR count). The second-order valence-corrected chi connectivity index (χ2v) is 6.71. The summed E-state index contributed by atoms with van der Waals surface area (Å²) in [5, 5.41) is 19.6. The Bertz CT molecular complexity index is 890. The van der Waals surface area contributed by atoms with E-state index in [2.05, 4.69) is 0 Å². The summed E-state index contributed by atoms with van der Waals surface area (Å²) >= 11 is 0. The summed E-state index contributed by atoms with van der Waals surface area (Å²) in [6, 6.07) is 13.3. The minimum Gasteiger partial charge on any atom is -0.497 e. The first kappa shape index (κ1) is 23.7. The fourth-order valence-electron chi connectivity index (χ4n) is 2.64. The predicted octanol–water partition coefficient (Wildman–Crippen LogP) is 2.09. The van der Waals surface area contributed by atoms with E-state index in [1.807, 2.05) is 0 Å². The molecule has 31 heavy (non-hydrogen) atoms. The van der Waals surface area contributed by atoms with E-state index in [1.165, 1.54) is 14.2 Å². The van der Waals surface area contributed by atoms with Crippen molar-refractivity contribution < 1.29 is 43.5 Å². The maximum atomic E-state index is 12.4. The van der Waals surface area contributed by atoms with Gasteiger partial charge in [0, 0.05) is 0 Å². The molecule has 2 aromatic rings. The van der Waals surface area contributed by atoms with E-state index in [0.29, 0.717) is 22.6 Å². The Morgan fingerprint density at radius 1 is 0.774 bits per heavy atom. The topological polar surface area (TPSA) is 129 Å². The molecule has 0 saturated heterocycles. The first-order chi connectivity index (χ1) is 14.8. The fraction of sp³-hybridized carbons (Fsp3) is 0.318. The number of benzene rings is 2. The number of methoxy groups -OCH3 is 2. The van der Waals surface area contributed by atoms with Crippen LogP contribution < -0.4 is 9.47 Å². The van der Waals surface area contributed by atoms with Crippen LogP contribution in [0.15, 0.2) is 48.5 Å². The van der Waals surface area contributed by atoms with Crippen molar-refractivity contribution in [3.8, 4) is 11.5 Å². The van der Waals surface area contributed by atoms with Crippen molar-refractivity contribution >= 4 is 17.9 Å². The zero-order chi connectivity index (χ0) is 22.9. The minimum absolute atomic E-state index is 0.118. The predicted molar refractivity (Wildman–Crippen MR) is 107 cm³/mol. The van der Waals surface area contributed by atoms with Crippen molar-refractivity contribution in [2.45, 2.75) is 31.7 Å². The first-order valence-electron chi connectivity index (χ1n) is 9.28. The Morgan fingerprint density at radius 2 is 1.23 bits per heavy atom. The van der Waals surface area contributed by atoms with E-state index in [9.17, 15) is 19.5 Å². The number of hydrogen-bond acceptors (Lipinski definition) is 8. The van der Waals surface area contributed by atoms with Crippen LogP contribution in [0.4, 0.5) is 0 Å². The number of carboxylic acid groups (broad SMARTS) is 1. The lowest BCUT2D eigenvalue weighted by molar-refractivity contribution is -0.178. The zero-order valence-corrected chi connectivity index (χ0v) is 17.2. The quantitative estimate of drug-likeness (QED) is 0.513. The number of esters is 2. The molecule has 2 N–H and O–H groups in total. The van der Waals surface area contributed by atoms with Crippen molar-refractivity contribution in [1.82, 2.24) is 0 Å². The minimum atomic E-state index is -2.56. The van der Waals surface area contributed by atoms with E-state index >= 15 is 0 Å². The standard InChI is InChI=1S/C22H24O9/c1-28-17-7-3-15(4-8-17)13-30-20(25)12-22(27,11-19(23)24)21(26)31-14-16-5-9-18(29-2)10-6-16/h3-10,27H,11-14H2,1-2H3,(H,23,24). The molecule has 9 nitrogen and oxygen atoms in total. The number of ether oxygens (including phenoxy) is 4. The second-order valence-electron chi connectivity index (χ2n) is 6.71. The number of aliphatic hydroxyl groups is 1. The second kappa shape index (κ2) is 11.0. The highest BCUT2D eigenvalue weighted by Gasteiger charge is 2.43. The van der Waals surface area contributed by atoms with E-state index in [1.54, 1.807) is 48.5 Å². The summed E-state index contributed by atoms with van der Waals surface area (Å²) in [6.07, 6.45) is -1.87. The van der Waals surface area contributed by atoms with Crippen LogP contribution in [0, 0.1) is 0 Å². The molecule has 0 aliphatic heterocycles. The van der Waals surface area contributed by atoms with Crippen LogP contribution in [-0.2, 0) is 37.1 Å². The smallest absolute Gasteiger partial charge is 0.339 e. The van der Waals surface area contributed by atoms with Crippen LogP contribution in [0.5, 0.6) is 11.5 Å². The molecule has 0 saturated carbocycles. The molecule has 0 bridgehead atoms. The van der Waals surface area contributed by atoms with Crippen molar-refractivity contribution in [2.24, 2.45) is 0 Å². The average Bonchev–Trinajstić information content (AvgIpc) is 2.76. The van der Waals surface area contributed by atoms with Gasteiger partial charge in [-0.25, -0.2) is 4.79 Å². The molecular weight excluding hydrogens is 408 g/mol. The summed E-state index contributed by atoms with van der Waals surface area (Å²) in [4.78, 5) is 35.7. The molecule has 166 valence electrons. The molecule has 0 fully saturated rings. The summed E-state index contributed by atoms with van der Waals surface area (Å²) in [7, 11) is 3.03. The van der Waals surface area contributed by atoms with Gasteiger partial charge in [-0.3, -0.25) is 9.59 Å². The number of rotatable bonds is 11. The van der Waals surface area contributed by atoms with Gasteiger partial charge in [0.25, 0.3) is 0 Å². The molecule has 1 unspecified atom stereocenters. The normalized spacial score (nSPS) is 12.4. The van der Waals surface area contributed by atoms with Crippen molar-refractivity contribution in [3.05, 3.63) is 59.7 Å².